The molecule has 2 atom stereocenters. The molecule has 0 aliphatic heterocycles. The highest BCUT2D eigenvalue weighted by Gasteiger charge is 2.25. The molecular formula is C16H22N4. The Balaban J connectivity index is 1.77. The van der Waals surface area contributed by atoms with Gasteiger partial charge in [-0.3, -0.25) is 5.10 Å². The third-order valence-electron chi connectivity index (χ3n) is 4.25. The molecule has 2 N–H and O–H groups in total. The third kappa shape index (κ3) is 2.69. The molecule has 0 radical (unpaired) electrons. The molecular weight excluding hydrogens is 248 g/mol. The van der Waals surface area contributed by atoms with Crippen molar-refractivity contribution >= 4 is 5.69 Å². The van der Waals surface area contributed by atoms with Crippen LogP contribution in [0.4, 0.5) is 5.69 Å². The van der Waals surface area contributed by atoms with E-state index in [9.17, 15) is 0 Å². The topological polar surface area (TPSA) is 53.6 Å². The standard InChI is InChI=1S/C16H22N4/c1-3-12-6-5-9-15(12)18-14-8-4-7-13(10-14)16-17-11(2)19-20-16/h4,7-8,10,12,15,18H,3,5-6,9H2,1-2H3,(H,17,19,20). The van der Waals surface area contributed by atoms with Crippen LogP contribution in [0.2, 0.25) is 0 Å². The number of aryl methyl sites for hydroxylation is 1. The molecule has 0 bridgehead atoms. The van der Waals surface area contributed by atoms with Gasteiger partial charge in [-0.2, -0.15) is 5.10 Å². The Morgan fingerprint density at radius 2 is 2.25 bits per heavy atom. The number of nitrogens with zero attached hydrogens (tertiary/aromatic N) is 2. The van der Waals surface area contributed by atoms with Crippen LogP contribution in [0.5, 0.6) is 0 Å². The fourth-order valence-electron chi connectivity index (χ4n) is 3.15. The number of nitrogens with one attached hydrogen (secondary N) is 2. The molecule has 2 aromatic rings. The fraction of sp³-hybridized carbons (Fsp3) is 0.500. The molecule has 0 saturated heterocycles. The molecule has 0 spiro atoms. The largest absolute Gasteiger partial charge is 0.382 e. The number of H-pyrrole nitrogens is 1. The second-order valence-corrected chi connectivity index (χ2v) is 5.68. The van der Waals surface area contributed by atoms with E-state index in [1.54, 1.807) is 0 Å². The van der Waals surface area contributed by atoms with E-state index >= 15 is 0 Å². The van der Waals surface area contributed by atoms with Crippen molar-refractivity contribution in [3.63, 3.8) is 0 Å². The van der Waals surface area contributed by atoms with Gasteiger partial charge in [-0.15, -0.1) is 0 Å². The van der Waals surface area contributed by atoms with Gasteiger partial charge >= 0.3 is 0 Å². The summed E-state index contributed by atoms with van der Waals surface area (Å²) in [6.45, 7) is 4.21. The molecule has 1 saturated carbocycles. The quantitative estimate of drug-likeness (QED) is 0.889. The highest BCUT2D eigenvalue weighted by atomic mass is 15.2. The monoisotopic (exact) mass is 270 g/mol. The van der Waals surface area contributed by atoms with Crippen molar-refractivity contribution in [1.29, 1.82) is 0 Å². The first-order valence-corrected chi connectivity index (χ1v) is 7.52. The van der Waals surface area contributed by atoms with E-state index < -0.39 is 0 Å². The Morgan fingerprint density at radius 3 is 3.00 bits per heavy atom. The van der Waals surface area contributed by atoms with Gasteiger partial charge in [0.05, 0.1) is 0 Å². The van der Waals surface area contributed by atoms with Crippen molar-refractivity contribution in [2.75, 3.05) is 5.32 Å². The fourth-order valence-corrected chi connectivity index (χ4v) is 3.15. The maximum absolute atomic E-state index is 4.39. The Hall–Kier alpha value is -1.84. The Labute approximate surface area is 120 Å². The summed E-state index contributed by atoms with van der Waals surface area (Å²) in [5, 5.41) is 10.8. The lowest BCUT2D eigenvalue weighted by Crippen LogP contribution is -2.23. The zero-order chi connectivity index (χ0) is 13.9. The van der Waals surface area contributed by atoms with Gasteiger partial charge in [-0.25, -0.2) is 4.98 Å². The summed E-state index contributed by atoms with van der Waals surface area (Å²) in [7, 11) is 0. The maximum atomic E-state index is 4.39. The summed E-state index contributed by atoms with van der Waals surface area (Å²) in [5.74, 6) is 2.43. The number of benzene rings is 1. The van der Waals surface area contributed by atoms with E-state index in [1.807, 2.05) is 6.92 Å². The first kappa shape index (κ1) is 13.2. The molecule has 106 valence electrons. The lowest BCUT2D eigenvalue weighted by atomic mass is 10.0. The van der Waals surface area contributed by atoms with E-state index in [-0.39, 0.29) is 0 Å². The van der Waals surface area contributed by atoms with E-state index in [2.05, 4.69) is 51.7 Å². The van der Waals surface area contributed by atoms with Crippen molar-refractivity contribution in [2.45, 2.75) is 45.6 Å². The summed E-state index contributed by atoms with van der Waals surface area (Å²) in [6.07, 6.45) is 5.24. The summed E-state index contributed by atoms with van der Waals surface area (Å²) in [4.78, 5) is 4.39. The average molecular weight is 270 g/mol. The van der Waals surface area contributed by atoms with Crippen molar-refractivity contribution < 1.29 is 0 Å². The van der Waals surface area contributed by atoms with Crippen molar-refractivity contribution in [1.82, 2.24) is 15.2 Å². The van der Waals surface area contributed by atoms with E-state index in [4.69, 9.17) is 0 Å². The van der Waals surface area contributed by atoms with Gasteiger partial charge in [0.1, 0.15) is 5.82 Å². The molecule has 1 aromatic carbocycles. The van der Waals surface area contributed by atoms with Crippen LogP contribution in [0.15, 0.2) is 24.3 Å². The summed E-state index contributed by atoms with van der Waals surface area (Å²) in [6, 6.07) is 9.02. The number of rotatable bonds is 4. The van der Waals surface area contributed by atoms with Gasteiger partial charge in [0, 0.05) is 17.3 Å². The van der Waals surface area contributed by atoms with Crippen LogP contribution >= 0.6 is 0 Å². The molecule has 4 nitrogen and oxygen atoms in total. The first-order valence-electron chi connectivity index (χ1n) is 7.52. The van der Waals surface area contributed by atoms with Gasteiger partial charge in [0.2, 0.25) is 0 Å². The molecule has 2 unspecified atom stereocenters. The smallest absolute Gasteiger partial charge is 0.181 e. The molecule has 1 aliphatic rings. The Bertz CT molecular complexity index is 575. The third-order valence-corrected chi connectivity index (χ3v) is 4.25. The second-order valence-electron chi connectivity index (χ2n) is 5.68. The van der Waals surface area contributed by atoms with Crippen LogP contribution in [-0.4, -0.2) is 21.2 Å². The van der Waals surface area contributed by atoms with Gasteiger partial charge in [0.15, 0.2) is 5.82 Å². The molecule has 1 aliphatic carbocycles. The van der Waals surface area contributed by atoms with Gasteiger partial charge in [0.25, 0.3) is 0 Å². The van der Waals surface area contributed by atoms with Crippen LogP contribution in [-0.2, 0) is 0 Å². The highest BCUT2D eigenvalue weighted by molar-refractivity contribution is 5.62. The van der Waals surface area contributed by atoms with Gasteiger partial charge < -0.3 is 5.32 Å². The lowest BCUT2D eigenvalue weighted by Gasteiger charge is -2.21. The minimum atomic E-state index is 0.615. The Kier molecular flexibility index (Phi) is 3.72. The van der Waals surface area contributed by atoms with Crippen molar-refractivity contribution in [2.24, 2.45) is 5.92 Å². The summed E-state index contributed by atoms with van der Waals surface area (Å²) in [5.41, 5.74) is 2.24. The highest BCUT2D eigenvalue weighted by Crippen LogP contribution is 2.31. The minimum absolute atomic E-state index is 0.615. The van der Waals surface area contributed by atoms with Crippen LogP contribution < -0.4 is 5.32 Å². The van der Waals surface area contributed by atoms with Gasteiger partial charge in [-0.1, -0.05) is 31.9 Å². The van der Waals surface area contributed by atoms with Crippen molar-refractivity contribution in [3.8, 4) is 11.4 Å². The number of aromatic nitrogens is 3. The summed E-state index contributed by atoms with van der Waals surface area (Å²) >= 11 is 0. The molecule has 3 rings (SSSR count). The number of anilines is 1. The van der Waals surface area contributed by atoms with E-state index in [1.165, 1.54) is 31.4 Å². The number of aromatic amines is 1. The molecule has 0 amide bonds. The average Bonchev–Trinajstić information content (AvgIpc) is 3.08. The van der Waals surface area contributed by atoms with E-state index in [0.717, 1.165) is 23.1 Å². The Morgan fingerprint density at radius 1 is 1.35 bits per heavy atom. The van der Waals surface area contributed by atoms with Crippen LogP contribution in [0, 0.1) is 12.8 Å². The molecule has 4 heteroatoms. The zero-order valence-corrected chi connectivity index (χ0v) is 12.2. The van der Waals surface area contributed by atoms with Crippen LogP contribution in [0.25, 0.3) is 11.4 Å². The lowest BCUT2D eigenvalue weighted by molar-refractivity contribution is 0.489. The van der Waals surface area contributed by atoms with Crippen LogP contribution in [0.1, 0.15) is 38.4 Å². The number of hydrogen-bond acceptors (Lipinski definition) is 3. The molecule has 1 fully saturated rings. The second kappa shape index (κ2) is 5.65. The normalized spacial score (nSPS) is 22.1. The first-order chi connectivity index (χ1) is 9.76. The van der Waals surface area contributed by atoms with Crippen LogP contribution in [0.3, 0.4) is 0 Å². The predicted octanol–water partition coefficient (Wildman–Crippen LogP) is 3.77. The van der Waals surface area contributed by atoms with Crippen molar-refractivity contribution in [3.05, 3.63) is 30.1 Å². The zero-order valence-electron chi connectivity index (χ0n) is 12.2. The maximum Gasteiger partial charge on any atom is 0.181 e. The number of hydrogen-bond donors (Lipinski definition) is 2. The molecule has 1 aromatic heterocycles. The van der Waals surface area contributed by atoms with Gasteiger partial charge in [-0.05, 0) is 37.8 Å². The molecule has 1 heterocycles. The SMILES string of the molecule is CCC1CCCC1Nc1cccc(-c2n[nH]c(C)n2)c1. The van der Waals surface area contributed by atoms with E-state index in [0.29, 0.717) is 6.04 Å². The minimum Gasteiger partial charge on any atom is -0.382 e. The predicted molar refractivity (Wildman–Crippen MR) is 81.6 cm³/mol. The summed E-state index contributed by atoms with van der Waals surface area (Å²) < 4.78 is 0. The molecule has 20 heavy (non-hydrogen) atoms.